The van der Waals surface area contributed by atoms with Crippen molar-refractivity contribution < 1.29 is 23.1 Å². The van der Waals surface area contributed by atoms with E-state index >= 15 is 0 Å². The summed E-state index contributed by atoms with van der Waals surface area (Å²) < 4.78 is 21.5. The van der Waals surface area contributed by atoms with Gasteiger partial charge in [-0.05, 0) is 6.42 Å². The number of carbonyl (C=O) groups excluding carboxylic acids is 1. The SMILES string of the molecule is CCC1SCC(C(=O)O)N1C(=O)NCCS(N)(=O)=O. The normalized spacial score (nSPS) is 23.4. The highest BCUT2D eigenvalue weighted by Gasteiger charge is 2.40. The third kappa shape index (κ3) is 4.55. The van der Waals surface area contributed by atoms with E-state index in [4.69, 9.17) is 10.2 Å². The maximum atomic E-state index is 11.9. The molecule has 1 aliphatic heterocycles. The van der Waals surface area contributed by atoms with Crippen LogP contribution in [0, 0.1) is 0 Å². The zero-order valence-corrected chi connectivity index (χ0v) is 12.0. The highest BCUT2D eigenvalue weighted by Crippen LogP contribution is 2.31. The van der Waals surface area contributed by atoms with Crippen molar-refractivity contribution in [1.29, 1.82) is 0 Å². The first-order valence-electron chi connectivity index (χ1n) is 5.67. The molecule has 1 saturated heterocycles. The summed E-state index contributed by atoms with van der Waals surface area (Å²) in [6, 6.07) is -1.46. The molecule has 2 unspecified atom stereocenters. The Morgan fingerprint density at radius 3 is 2.63 bits per heavy atom. The van der Waals surface area contributed by atoms with Gasteiger partial charge < -0.3 is 10.4 Å². The molecule has 1 fully saturated rings. The highest BCUT2D eigenvalue weighted by atomic mass is 32.2. The van der Waals surface area contributed by atoms with Crippen LogP contribution in [0.1, 0.15) is 13.3 Å². The molecule has 4 N–H and O–H groups in total. The monoisotopic (exact) mass is 311 g/mol. The maximum absolute atomic E-state index is 11.9. The summed E-state index contributed by atoms with van der Waals surface area (Å²) in [6.45, 7) is 1.72. The predicted octanol–water partition coefficient (Wildman–Crippen LogP) is -0.777. The number of nitrogens with one attached hydrogen (secondary N) is 1. The summed E-state index contributed by atoms with van der Waals surface area (Å²) in [4.78, 5) is 24.2. The minimum atomic E-state index is -3.65. The fourth-order valence-electron chi connectivity index (χ4n) is 1.73. The third-order valence-electron chi connectivity index (χ3n) is 2.62. The molecular weight excluding hydrogens is 294 g/mol. The molecule has 8 nitrogen and oxygen atoms in total. The molecule has 110 valence electrons. The lowest BCUT2D eigenvalue weighted by Crippen LogP contribution is -2.50. The zero-order chi connectivity index (χ0) is 14.6. The Labute approximate surface area is 115 Å². The first-order chi connectivity index (χ1) is 8.76. The van der Waals surface area contributed by atoms with Crippen LogP contribution >= 0.6 is 11.8 Å². The van der Waals surface area contributed by atoms with E-state index in [-0.39, 0.29) is 17.7 Å². The van der Waals surface area contributed by atoms with Crippen LogP contribution < -0.4 is 10.5 Å². The minimum absolute atomic E-state index is 0.137. The van der Waals surface area contributed by atoms with Gasteiger partial charge in [-0.2, -0.15) is 0 Å². The summed E-state index contributed by atoms with van der Waals surface area (Å²) in [5.41, 5.74) is 0. The second kappa shape index (κ2) is 6.44. The Morgan fingerprint density at radius 2 is 2.16 bits per heavy atom. The van der Waals surface area contributed by atoms with Crippen molar-refractivity contribution in [2.45, 2.75) is 24.8 Å². The van der Waals surface area contributed by atoms with Gasteiger partial charge in [0, 0.05) is 12.3 Å². The van der Waals surface area contributed by atoms with Crippen molar-refractivity contribution in [3.05, 3.63) is 0 Å². The molecule has 0 spiro atoms. The summed E-state index contributed by atoms with van der Waals surface area (Å²) in [5.74, 6) is -1.12. The molecule has 1 rings (SSSR count). The van der Waals surface area contributed by atoms with Gasteiger partial charge in [0.1, 0.15) is 6.04 Å². The van der Waals surface area contributed by atoms with Gasteiger partial charge in [-0.3, -0.25) is 4.90 Å². The molecule has 2 amide bonds. The molecule has 0 aliphatic carbocycles. The number of carboxylic acid groups (broad SMARTS) is 1. The maximum Gasteiger partial charge on any atom is 0.327 e. The molecule has 0 aromatic carbocycles. The molecular formula is C9H17N3O5S2. The first kappa shape index (κ1) is 16.1. The lowest BCUT2D eigenvalue weighted by molar-refractivity contribution is -0.141. The van der Waals surface area contributed by atoms with Crippen molar-refractivity contribution in [2.75, 3.05) is 18.1 Å². The number of nitrogens with zero attached hydrogens (tertiary/aromatic N) is 1. The van der Waals surface area contributed by atoms with Gasteiger partial charge in [0.25, 0.3) is 0 Å². The Kier molecular flexibility index (Phi) is 5.44. The van der Waals surface area contributed by atoms with Crippen LogP contribution in [0.5, 0.6) is 0 Å². The zero-order valence-electron chi connectivity index (χ0n) is 10.4. The van der Waals surface area contributed by atoms with Gasteiger partial charge in [0.2, 0.25) is 10.0 Å². The van der Waals surface area contributed by atoms with E-state index in [1.54, 1.807) is 0 Å². The average molecular weight is 311 g/mol. The number of hydrogen-bond acceptors (Lipinski definition) is 5. The van der Waals surface area contributed by atoms with E-state index in [1.165, 1.54) is 16.7 Å². The van der Waals surface area contributed by atoms with Crippen LogP contribution in [0.25, 0.3) is 0 Å². The van der Waals surface area contributed by atoms with Gasteiger partial charge in [-0.1, -0.05) is 6.92 Å². The van der Waals surface area contributed by atoms with Crippen molar-refractivity contribution >= 4 is 33.8 Å². The number of amides is 2. The lowest BCUT2D eigenvalue weighted by Gasteiger charge is -2.26. The van der Waals surface area contributed by atoms with Crippen LogP contribution in [0.4, 0.5) is 4.79 Å². The van der Waals surface area contributed by atoms with E-state index < -0.39 is 28.1 Å². The molecule has 1 heterocycles. The van der Waals surface area contributed by atoms with Crippen LogP contribution in [0.15, 0.2) is 0 Å². The first-order valence-corrected chi connectivity index (χ1v) is 8.43. The Bertz CT molecular complexity index is 453. The Balaban J connectivity index is 2.63. The van der Waals surface area contributed by atoms with Gasteiger partial charge in [-0.15, -0.1) is 11.8 Å². The van der Waals surface area contributed by atoms with Gasteiger partial charge in [0.15, 0.2) is 0 Å². The fourth-order valence-corrected chi connectivity index (χ4v) is 3.47. The molecule has 0 aromatic rings. The quantitative estimate of drug-likeness (QED) is 0.611. The standard InChI is InChI=1S/C9H17N3O5S2/c1-2-7-12(6(5-18-7)8(13)14)9(15)11-3-4-19(10,16)17/h6-7H,2-5H2,1H3,(H,11,15)(H,13,14)(H2,10,16,17). The number of thioether (sulfide) groups is 1. The van der Waals surface area contributed by atoms with Gasteiger partial charge >= 0.3 is 12.0 Å². The number of nitrogens with two attached hydrogens (primary N) is 1. The van der Waals surface area contributed by atoms with Crippen LogP contribution in [-0.2, 0) is 14.8 Å². The molecule has 19 heavy (non-hydrogen) atoms. The van der Waals surface area contributed by atoms with E-state index in [2.05, 4.69) is 5.32 Å². The lowest BCUT2D eigenvalue weighted by atomic mass is 10.3. The minimum Gasteiger partial charge on any atom is -0.480 e. The van der Waals surface area contributed by atoms with Crippen LogP contribution in [-0.4, -0.2) is 59.9 Å². The molecule has 0 radical (unpaired) electrons. The summed E-state index contributed by atoms with van der Waals surface area (Å²) in [5, 5.41) is 16.0. The number of primary sulfonamides is 1. The largest absolute Gasteiger partial charge is 0.480 e. The van der Waals surface area contributed by atoms with Crippen LogP contribution in [0.3, 0.4) is 0 Å². The Hall–Kier alpha value is -1.00. The molecule has 1 aliphatic rings. The molecule has 0 saturated carbocycles. The second-order valence-corrected chi connectivity index (χ2v) is 7.00. The summed E-state index contributed by atoms with van der Waals surface area (Å²) in [7, 11) is -3.65. The van der Waals surface area contributed by atoms with E-state index in [9.17, 15) is 18.0 Å². The van der Waals surface area contributed by atoms with Crippen LogP contribution in [0.2, 0.25) is 0 Å². The van der Waals surface area contributed by atoms with Gasteiger partial charge in [-0.25, -0.2) is 23.1 Å². The van der Waals surface area contributed by atoms with E-state index in [0.717, 1.165) is 0 Å². The smallest absolute Gasteiger partial charge is 0.327 e. The third-order valence-corrected chi connectivity index (χ3v) is 4.85. The predicted molar refractivity (Wildman–Crippen MR) is 71.2 cm³/mol. The number of sulfonamides is 1. The summed E-state index contributed by atoms with van der Waals surface area (Å²) in [6.07, 6.45) is 0.622. The topological polar surface area (TPSA) is 130 Å². The number of aliphatic carboxylic acids is 1. The van der Waals surface area contributed by atoms with E-state index in [1.807, 2.05) is 6.92 Å². The summed E-state index contributed by atoms with van der Waals surface area (Å²) >= 11 is 1.40. The van der Waals surface area contributed by atoms with Crippen molar-refractivity contribution in [3.8, 4) is 0 Å². The van der Waals surface area contributed by atoms with Crippen molar-refractivity contribution in [1.82, 2.24) is 10.2 Å². The van der Waals surface area contributed by atoms with Crippen molar-refractivity contribution in [2.24, 2.45) is 5.14 Å². The average Bonchev–Trinajstić information content (AvgIpc) is 2.70. The Morgan fingerprint density at radius 1 is 1.53 bits per heavy atom. The molecule has 2 atom stereocenters. The number of hydrogen-bond donors (Lipinski definition) is 3. The highest BCUT2D eigenvalue weighted by molar-refractivity contribution is 8.00. The number of carbonyl (C=O) groups is 2. The van der Waals surface area contributed by atoms with Crippen molar-refractivity contribution in [3.63, 3.8) is 0 Å². The molecule has 10 heteroatoms. The fraction of sp³-hybridized carbons (Fsp3) is 0.778. The van der Waals surface area contributed by atoms with Gasteiger partial charge in [0.05, 0.1) is 11.1 Å². The number of urea groups is 1. The molecule has 0 bridgehead atoms. The molecule has 0 aromatic heterocycles. The number of carboxylic acids is 1. The number of rotatable bonds is 5. The van der Waals surface area contributed by atoms with E-state index in [0.29, 0.717) is 12.2 Å². The second-order valence-electron chi connectivity index (χ2n) is 4.06.